The highest BCUT2D eigenvalue weighted by molar-refractivity contribution is 5.76. The number of benzene rings is 2. The van der Waals surface area contributed by atoms with Gasteiger partial charge in [-0.25, -0.2) is 4.79 Å². The summed E-state index contributed by atoms with van der Waals surface area (Å²) >= 11 is 0. The lowest BCUT2D eigenvalue weighted by Crippen LogP contribution is -2.06. The summed E-state index contributed by atoms with van der Waals surface area (Å²) in [6.45, 7) is 4.18. The lowest BCUT2D eigenvalue weighted by molar-refractivity contribution is 0.555. The van der Waals surface area contributed by atoms with Crippen molar-refractivity contribution in [3.05, 3.63) is 64.1 Å². The molecule has 0 amide bonds. The van der Waals surface area contributed by atoms with E-state index in [-0.39, 0.29) is 6.04 Å². The summed E-state index contributed by atoms with van der Waals surface area (Å²) in [6.07, 6.45) is 0. The van der Waals surface area contributed by atoms with Gasteiger partial charge in [-0.05, 0) is 37.6 Å². The highest BCUT2D eigenvalue weighted by Gasteiger charge is 2.07. The van der Waals surface area contributed by atoms with Crippen LogP contribution in [0, 0.1) is 6.92 Å². The Morgan fingerprint density at radius 3 is 2.65 bits per heavy atom. The highest BCUT2D eigenvalue weighted by Crippen LogP contribution is 2.22. The van der Waals surface area contributed by atoms with Crippen molar-refractivity contribution < 1.29 is 4.42 Å². The molecule has 4 heteroatoms. The van der Waals surface area contributed by atoms with Crippen molar-refractivity contribution in [1.29, 1.82) is 0 Å². The zero-order valence-corrected chi connectivity index (χ0v) is 11.4. The van der Waals surface area contributed by atoms with Gasteiger partial charge in [0.2, 0.25) is 0 Å². The van der Waals surface area contributed by atoms with Crippen LogP contribution in [-0.4, -0.2) is 4.98 Å². The number of nitrogens with one attached hydrogen (secondary N) is 2. The molecule has 0 saturated carbocycles. The molecule has 1 atom stereocenters. The van der Waals surface area contributed by atoms with Gasteiger partial charge in [-0.1, -0.05) is 29.8 Å². The summed E-state index contributed by atoms with van der Waals surface area (Å²) in [5.41, 5.74) is 4.69. The number of anilines is 1. The van der Waals surface area contributed by atoms with E-state index in [1.165, 1.54) is 11.1 Å². The van der Waals surface area contributed by atoms with Gasteiger partial charge in [0, 0.05) is 11.7 Å². The smallest absolute Gasteiger partial charge is 0.408 e. The molecule has 0 saturated heterocycles. The van der Waals surface area contributed by atoms with Crippen molar-refractivity contribution in [2.75, 3.05) is 5.32 Å². The minimum atomic E-state index is -0.427. The molecule has 0 radical (unpaired) electrons. The van der Waals surface area contributed by atoms with Crippen LogP contribution in [-0.2, 0) is 0 Å². The quantitative estimate of drug-likeness (QED) is 0.763. The van der Waals surface area contributed by atoms with E-state index < -0.39 is 5.76 Å². The average Bonchev–Trinajstić information content (AvgIpc) is 2.78. The molecular formula is C16H16N2O2. The molecular weight excluding hydrogens is 252 g/mol. The molecule has 2 N–H and O–H groups in total. The van der Waals surface area contributed by atoms with Gasteiger partial charge in [-0.15, -0.1) is 0 Å². The molecule has 0 aliphatic carbocycles. The van der Waals surface area contributed by atoms with Crippen molar-refractivity contribution in [1.82, 2.24) is 4.98 Å². The maximum absolute atomic E-state index is 11.1. The summed E-state index contributed by atoms with van der Waals surface area (Å²) in [5, 5.41) is 3.42. The molecule has 0 bridgehead atoms. The molecule has 102 valence electrons. The molecule has 0 fully saturated rings. The van der Waals surface area contributed by atoms with Gasteiger partial charge >= 0.3 is 5.76 Å². The first-order valence-electron chi connectivity index (χ1n) is 6.58. The predicted molar refractivity (Wildman–Crippen MR) is 80.1 cm³/mol. The fraction of sp³-hybridized carbons (Fsp3) is 0.188. The van der Waals surface area contributed by atoms with Crippen LogP contribution in [0.15, 0.2) is 51.7 Å². The summed E-state index contributed by atoms with van der Waals surface area (Å²) in [5.74, 6) is -0.427. The molecule has 1 unspecified atom stereocenters. The number of fused-ring (bicyclic) bond motifs is 1. The van der Waals surface area contributed by atoms with E-state index in [9.17, 15) is 4.79 Å². The largest absolute Gasteiger partial charge is 0.417 e. The zero-order valence-electron chi connectivity index (χ0n) is 11.4. The first-order chi connectivity index (χ1) is 9.61. The number of H-pyrrole nitrogens is 1. The molecule has 1 aromatic heterocycles. The number of aryl methyl sites for hydroxylation is 1. The van der Waals surface area contributed by atoms with Crippen LogP contribution in [0.1, 0.15) is 24.1 Å². The number of hydrogen-bond acceptors (Lipinski definition) is 3. The molecule has 0 spiro atoms. The third-order valence-corrected chi connectivity index (χ3v) is 3.38. The second-order valence-corrected chi connectivity index (χ2v) is 5.00. The number of hydrogen-bond donors (Lipinski definition) is 2. The van der Waals surface area contributed by atoms with Crippen LogP contribution in [0.2, 0.25) is 0 Å². The van der Waals surface area contributed by atoms with Gasteiger partial charge in [0.1, 0.15) is 0 Å². The predicted octanol–water partition coefficient (Wildman–Crippen LogP) is 3.60. The molecule has 4 nitrogen and oxygen atoms in total. The molecule has 0 aliphatic rings. The normalized spacial score (nSPS) is 12.5. The van der Waals surface area contributed by atoms with E-state index >= 15 is 0 Å². The third kappa shape index (κ3) is 2.45. The lowest BCUT2D eigenvalue weighted by atomic mass is 10.1. The van der Waals surface area contributed by atoms with E-state index in [1.807, 2.05) is 12.1 Å². The van der Waals surface area contributed by atoms with Gasteiger partial charge in [-0.3, -0.25) is 4.98 Å². The van der Waals surface area contributed by atoms with Crippen LogP contribution in [0.3, 0.4) is 0 Å². The van der Waals surface area contributed by atoms with Crippen LogP contribution in [0.5, 0.6) is 0 Å². The fourth-order valence-corrected chi connectivity index (χ4v) is 2.23. The van der Waals surface area contributed by atoms with Crippen LogP contribution < -0.4 is 11.1 Å². The molecule has 0 aliphatic heterocycles. The van der Waals surface area contributed by atoms with Gasteiger partial charge in [0.25, 0.3) is 0 Å². The average molecular weight is 268 g/mol. The van der Waals surface area contributed by atoms with Crippen molar-refractivity contribution in [2.24, 2.45) is 0 Å². The zero-order chi connectivity index (χ0) is 14.1. The Kier molecular flexibility index (Phi) is 3.06. The van der Waals surface area contributed by atoms with Crippen molar-refractivity contribution >= 4 is 16.8 Å². The maximum Gasteiger partial charge on any atom is 0.417 e. The summed E-state index contributed by atoms with van der Waals surface area (Å²) in [6, 6.07) is 14.2. The van der Waals surface area contributed by atoms with E-state index in [2.05, 4.69) is 48.4 Å². The van der Waals surface area contributed by atoms with E-state index in [0.717, 1.165) is 5.69 Å². The standard InChI is InChI=1S/C16H16N2O2/c1-10-3-5-12(6-4-10)11(2)17-13-7-8-15-14(9-13)18-16(19)20-15/h3-9,11,17H,1-2H3,(H,18,19). The Morgan fingerprint density at radius 1 is 1.15 bits per heavy atom. The van der Waals surface area contributed by atoms with Gasteiger partial charge in [0.05, 0.1) is 5.52 Å². The Bertz CT molecular complexity index is 784. The third-order valence-electron chi connectivity index (χ3n) is 3.38. The minimum Gasteiger partial charge on any atom is -0.408 e. The molecule has 3 aromatic rings. The van der Waals surface area contributed by atoms with E-state index in [0.29, 0.717) is 11.1 Å². The fourth-order valence-electron chi connectivity index (χ4n) is 2.23. The second kappa shape index (κ2) is 4.89. The number of rotatable bonds is 3. The first kappa shape index (κ1) is 12.5. The minimum absolute atomic E-state index is 0.187. The van der Waals surface area contributed by atoms with Crippen molar-refractivity contribution in [2.45, 2.75) is 19.9 Å². The number of aromatic nitrogens is 1. The lowest BCUT2D eigenvalue weighted by Gasteiger charge is -2.15. The first-order valence-corrected chi connectivity index (χ1v) is 6.58. The highest BCUT2D eigenvalue weighted by atomic mass is 16.4. The maximum atomic E-state index is 11.1. The van der Waals surface area contributed by atoms with E-state index in [4.69, 9.17) is 4.42 Å². The summed E-state index contributed by atoms with van der Waals surface area (Å²) in [7, 11) is 0. The molecule has 3 rings (SSSR count). The Balaban J connectivity index is 1.84. The second-order valence-electron chi connectivity index (χ2n) is 5.00. The Hall–Kier alpha value is -2.49. The monoisotopic (exact) mass is 268 g/mol. The van der Waals surface area contributed by atoms with Crippen molar-refractivity contribution in [3.63, 3.8) is 0 Å². The molecule has 20 heavy (non-hydrogen) atoms. The van der Waals surface area contributed by atoms with Crippen LogP contribution in [0.4, 0.5) is 5.69 Å². The van der Waals surface area contributed by atoms with Crippen LogP contribution in [0.25, 0.3) is 11.1 Å². The number of aromatic amines is 1. The summed E-state index contributed by atoms with van der Waals surface area (Å²) < 4.78 is 4.99. The SMILES string of the molecule is Cc1ccc(C(C)Nc2ccc3oc(=O)[nH]c3c2)cc1. The van der Waals surface area contributed by atoms with Crippen molar-refractivity contribution in [3.8, 4) is 0 Å². The summed E-state index contributed by atoms with van der Waals surface area (Å²) in [4.78, 5) is 13.8. The van der Waals surface area contributed by atoms with Crippen LogP contribution >= 0.6 is 0 Å². The van der Waals surface area contributed by atoms with E-state index in [1.54, 1.807) is 6.07 Å². The van der Waals surface area contributed by atoms with Gasteiger partial charge < -0.3 is 9.73 Å². The van der Waals surface area contributed by atoms with Gasteiger partial charge in [-0.2, -0.15) is 0 Å². The Labute approximate surface area is 116 Å². The number of oxazole rings is 1. The Morgan fingerprint density at radius 2 is 1.90 bits per heavy atom. The molecule has 1 heterocycles. The molecule has 2 aromatic carbocycles. The topological polar surface area (TPSA) is 58.0 Å². The van der Waals surface area contributed by atoms with Gasteiger partial charge in [0.15, 0.2) is 5.58 Å².